The summed E-state index contributed by atoms with van der Waals surface area (Å²) in [7, 11) is 0. The van der Waals surface area contributed by atoms with E-state index in [1.165, 1.54) is 11.3 Å². The van der Waals surface area contributed by atoms with Crippen LogP contribution in [0.1, 0.15) is 28.6 Å². The molecule has 88 valence electrons. The van der Waals surface area contributed by atoms with Crippen molar-refractivity contribution >= 4 is 27.5 Å². The number of aryl methyl sites for hydroxylation is 2. The van der Waals surface area contributed by atoms with E-state index in [-0.39, 0.29) is 5.56 Å². The van der Waals surface area contributed by atoms with Gasteiger partial charge in [0, 0.05) is 4.88 Å². The molecule has 0 bridgehead atoms. The lowest BCUT2D eigenvalue weighted by Crippen LogP contribution is -2.13. The van der Waals surface area contributed by atoms with Gasteiger partial charge < -0.3 is 10.1 Å². The molecule has 17 heavy (non-hydrogen) atoms. The van der Waals surface area contributed by atoms with Gasteiger partial charge in [-0.1, -0.05) is 0 Å². The summed E-state index contributed by atoms with van der Waals surface area (Å²) < 4.78 is 0. The zero-order valence-electron chi connectivity index (χ0n) is 9.11. The van der Waals surface area contributed by atoms with E-state index in [4.69, 9.17) is 5.11 Å². The summed E-state index contributed by atoms with van der Waals surface area (Å²) in [6.45, 7) is 1.72. The zero-order chi connectivity index (χ0) is 12.2. The predicted molar refractivity (Wildman–Crippen MR) is 63.7 cm³/mol. The van der Waals surface area contributed by atoms with Gasteiger partial charge in [-0.2, -0.15) is 0 Å². The van der Waals surface area contributed by atoms with Crippen LogP contribution in [0.3, 0.4) is 0 Å². The van der Waals surface area contributed by atoms with Crippen LogP contribution in [-0.4, -0.2) is 21.0 Å². The van der Waals surface area contributed by atoms with Crippen LogP contribution in [0.25, 0.3) is 10.2 Å². The first-order valence-electron chi connectivity index (χ1n) is 5.33. The number of fused-ring (bicyclic) bond motifs is 3. The van der Waals surface area contributed by atoms with Crippen molar-refractivity contribution in [2.75, 3.05) is 0 Å². The zero-order valence-corrected chi connectivity index (χ0v) is 9.93. The smallest absolute Gasteiger partial charge is 0.311 e. The maximum atomic E-state index is 11.9. The number of carboxylic acids is 1. The Bertz CT molecular complexity index is 686. The summed E-state index contributed by atoms with van der Waals surface area (Å²) >= 11 is 1.44. The number of carboxylic acid groups (broad SMARTS) is 1. The second-order valence-electron chi connectivity index (χ2n) is 4.20. The van der Waals surface area contributed by atoms with Crippen LogP contribution in [-0.2, 0) is 11.2 Å². The highest BCUT2D eigenvalue weighted by atomic mass is 32.1. The molecule has 3 rings (SSSR count). The van der Waals surface area contributed by atoms with Crippen molar-refractivity contribution < 1.29 is 9.90 Å². The first-order chi connectivity index (χ1) is 8.08. The van der Waals surface area contributed by atoms with Crippen LogP contribution >= 0.6 is 11.3 Å². The number of nitrogens with zero attached hydrogens (tertiary/aromatic N) is 1. The van der Waals surface area contributed by atoms with Crippen molar-refractivity contribution in [1.29, 1.82) is 0 Å². The molecule has 5 nitrogen and oxygen atoms in total. The van der Waals surface area contributed by atoms with Gasteiger partial charge in [-0.15, -0.1) is 11.3 Å². The van der Waals surface area contributed by atoms with Gasteiger partial charge in [-0.3, -0.25) is 9.59 Å². The van der Waals surface area contributed by atoms with Gasteiger partial charge in [0.1, 0.15) is 10.7 Å². The highest BCUT2D eigenvalue weighted by Crippen LogP contribution is 2.41. The van der Waals surface area contributed by atoms with Crippen molar-refractivity contribution in [3.05, 3.63) is 26.6 Å². The fourth-order valence-corrected chi connectivity index (χ4v) is 3.70. The van der Waals surface area contributed by atoms with Crippen molar-refractivity contribution in [2.45, 2.75) is 25.7 Å². The van der Waals surface area contributed by atoms with Crippen molar-refractivity contribution in [3.63, 3.8) is 0 Å². The Balaban J connectivity index is 2.38. The monoisotopic (exact) mass is 250 g/mol. The summed E-state index contributed by atoms with van der Waals surface area (Å²) in [4.78, 5) is 31.6. The SMILES string of the molecule is Cc1nc2sc3c(c2c(=O)[nH]1)C(C(=O)O)CC3. The Kier molecular flexibility index (Phi) is 2.09. The van der Waals surface area contributed by atoms with E-state index in [1.807, 2.05) is 0 Å². The number of H-pyrrole nitrogens is 1. The largest absolute Gasteiger partial charge is 0.481 e. The normalized spacial score (nSPS) is 18.5. The second-order valence-corrected chi connectivity index (χ2v) is 5.28. The Morgan fingerprint density at radius 1 is 1.59 bits per heavy atom. The van der Waals surface area contributed by atoms with Gasteiger partial charge in [0.05, 0.1) is 11.3 Å². The number of hydrogen-bond acceptors (Lipinski definition) is 4. The number of carbonyl (C=O) groups is 1. The fraction of sp³-hybridized carbons (Fsp3) is 0.364. The molecule has 2 aromatic heterocycles. The van der Waals surface area contributed by atoms with Gasteiger partial charge in [-0.25, -0.2) is 4.98 Å². The molecule has 1 aliphatic carbocycles. The van der Waals surface area contributed by atoms with E-state index >= 15 is 0 Å². The predicted octanol–water partition coefficient (Wildman–Crippen LogP) is 1.41. The van der Waals surface area contributed by atoms with Gasteiger partial charge in [0.25, 0.3) is 5.56 Å². The molecule has 0 aliphatic heterocycles. The average molecular weight is 250 g/mol. The van der Waals surface area contributed by atoms with E-state index in [1.54, 1.807) is 6.92 Å². The number of hydrogen-bond donors (Lipinski definition) is 2. The lowest BCUT2D eigenvalue weighted by molar-refractivity contribution is -0.138. The van der Waals surface area contributed by atoms with Crippen molar-refractivity contribution in [1.82, 2.24) is 9.97 Å². The first kappa shape index (κ1) is 10.5. The molecule has 2 heterocycles. The van der Waals surface area contributed by atoms with E-state index in [0.717, 1.165) is 11.3 Å². The van der Waals surface area contributed by atoms with Crippen LogP contribution < -0.4 is 5.56 Å². The molecular formula is C11H10N2O3S. The number of nitrogens with one attached hydrogen (secondary N) is 1. The third-order valence-corrected chi connectivity index (χ3v) is 4.26. The molecule has 1 atom stereocenters. The van der Waals surface area contributed by atoms with E-state index in [0.29, 0.717) is 28.0 Å². The molecule has 2 aromatic rings. The minimum absolute atomic E-state index is 0.224. The molecule has 0 saturated heterocycles. The summed E-state index contributed by atoms with van der Waals surface area (Å²) in [6, 6.07) is 0. The number of rotatable bonds is 1. The molecule has 1 unspecified atom stereocenters. The van der Waals surface area contributed by atoms with Crippen LogP contribution in [0.15, 0.2) is 4.79 Å². The number of thiophene rings is 1. The van der Waals surface area contributed by atoms with Gasteiger partial charge in [0.2, 0.25) is 0 Å². The molecule has 1 aliphatic rings. The second kappa shape index (κ2) is 3.40. The number of aromatic nitrogens is 2. The molecule has 0 amide bonds. The van der Waals surface area contributed by atoms with E-state index in [2.05, 4.69) is 9.97 Å². The lowest BCUT2D eigenvalue weighted by Gasteiger charge is -2.03. The topological polar surface area (TPSA) is 83.0 Å². The highest BCUT2D eigenvalue weighted by molar-refractivity contribution is 7.18. The summed E-state index contributed by atoms with van der Waals surface area (Å²) in [5, 5.41) is 9.63. The van der Waals surface area contributed by atoms with Crippen molar-refractivity contribution in [3.8, 4) is 0 Å². The Hall–Kier alpha value is -1.69. The lowest BCUT2D eigenvalue weighted by atomic mass is 10.0. The molecule has 0 radical (unpaired) electrons. The van der Waals surface area contributed by atoms with Crippen LogP contribution in [0.2, 0.25) is 0 Å². The summed E-state index contributed by atoms with van der Waals surface area (Å²) in [5.41, 5.74) is 0.462. The highest BCUT2D eigenvalue weighted by Gasteiger charge is 2.33. The Morgan fingerprint density at radius 2 is 2.35 bits per heavy atom. The van der Waals surface area contributed by atoms with Gasteiger partial charge in [0.15, 0.2) is 0 Å². The quantitative estimate of drug-likeness (QED) is 0.801. The van der Waals surface area contributed by atoms with Crippen molar-refractivity contribution in [2.24, 2.45) is 0 Å². The Labute approximate surface area is 100 Å². The molecule has 0 aromatic carbocycles. The molecule has 0 spiro atoms. The van der Waals surface area contributed by atoms with Crippen LogP contribution in [0.4, 0.5) is 0 Å². The maximum Gasteiger partial charge on any atom is 0.311 e. The third-order valence-electron chi connectivity index (χ3n) is 3.10. The molecule has 6 heteroatoms. The van der Waals surface area contributed by atoms with E-state index < -0.39 is 11.9 Å². The summed E-state index contributed by atoms with van der Waals surface area (Å²) in [5.74, 6) is -0.845. The molecular weight excluding hydrogens is 240 g/mol. The maximum absolute atomic E-state index is 11.9. The van der Waals surface area contributed by atoms with Crippen LogP contribution in [0, 0.1) is 6.92 Å². The van der Waals surface area contributed by atoms with Gasteiger partial charge in [-0.05, 0) is 25.3 Å². The minimum Gasteiger partial charge on any atom is -0.481 e. The average Bonchev–Trinajstić information content (AvgIpc) is 2.73. The number of aliphatic carboxylic acids is 1. The first-order valence-corrected chi connectivity index (χ1v) is 6.14. The molecule has 0 saturated carbocycles. The summed E-state index contributed by atoms with van der Waals surface area (Å²) in [6.07, 6.45) is 1.31. The Morgan fingerprint density at radius 3 is 3.06 bits per heavy atom. The van der Waals surface area contributed by atoms with Crippen LogP contribution in [0.5, 0.6) is 0 Å². The molecule has 2 N–H and O–H groups in total. The minimum atomic E-state index is -0.858. The van der Waals surface area contributed by atoms with E-state index in [9.17, 15) is 9.59 Å². The fourth-order valence-electron chi connectivity index (χ4n) is 2.40. The standard InChI is InChI=1S/C11H10N2O3S/c1-4-12-9(14)8-7-5(11(15)16)2-3-6(7)17-10(8)13-4/h5H,2-3H2,1H3,(H,15,16)(H,12,13,14). The van der Waals surface area contributed by atoms with Gasteiger partial charge >= 0.3 is 5.97 Å². The molecule has 0 fully saturated rings. The number of aromatic amines is 1. The third kappa shape index (κ3) is 1.40.